The predicted molar refractivity (Wildman–Crippen MR) is 71.4 cm³/mol. The van der Waals surface area contributed by atoms with E-state index in [2.05, 4.69) is 22.6 Å². The summed E-state index contributed by atoms with van der Waals surface area (Å²) in [6.07, 6.45) is 0. The van der Waals surface area contributed by atoms with Gasteiger partial charge < -0.3 is 15.2 Å². The molecule has 0 saturated carbocycles. The van der Waals surface area contributed by atoms with Gasteiger partial charge in [0.05, 0.1) is 17.4 Å². The number of nitrogens with zero attached hydrogens (tertiary/aromatic N) is 2. The second kappa shape index (κ2) is 4.40. The third kappa shape index (κ3) is 1.83. The minimum Gasteiger partial charge on any atom is -0.367 e. The summed E-state index contributed by atoms with van der Waals surface area (Å²) in [7, 11) is 1.92. The van der Waals surface area contributed by atoms with Gasteiger partial charge in [0.1, 0.15) is 5.82 Å². The fourth-order valence-corrected chi connectivity index (χ4v) is 2.78. The smallest absolute Gasteiger partial charge is 0.148 e. The molecule has 4 nitrogen and oxygen atoms in total. The average Bonchev–Trinajstić information content (AvgIpc) is 2.65. The number of halogens is 1. The van der Waals surface area contributed by atoms with Gasteiger partial charge in [-0.15, -0.1) is 0 Å². The summed E-state index contributed by atoms with van der Waals surface area (Å²) in [5.41, 5.74) is 6.13. The summed E-state index contributed by atoms with van der Waals surface area (Å²) in [6.45, 7) is 5.68. The topological polar surface area (TPSA) is 30.5 Å². The van der Waals surface area contributed by atoms with E-state index in [0.717, 1.165) is 37.6 Å². The molecule has 0 spiro atoms. The first kappa shape index (κ1) is 11.7. The predicted octanol–water partition coefficient (Wildman–Crippen LogP) is 1.25. The van der Waals surface area contributed by atoms with E-state index in [4.69, 9.17) is 0 Å². The van der Waals surface area contributed by atoms with Gasteiger partial charge in [-0.25, -0.2) is 9.82 Å². The van der Waals surface area contributed by atoms with Crippen LogP contribution in [0.15, 0.2) is 12.1 Å². The normalized spacial score (nSPS) is 23.4. The Balaban J connectivity index is 1.98. The lowest BCUT2D eigenvalue weighted by Gasteiger charge is -2.30. The molecule has 0 bridgehead atoms. The van der Waals surface area contributed by atoms with Crippen molar-refractivity contribution in [1.29, 1.82) is 0 Å². The summed E-state index contributed by atoms with van der Waals surface area (Å²) < 4.78 is 14.2. The highest BCUT2D eigenvalue weighted by Gasteiger charge is 2.26. The maximum atomic E-state index is 14.2. The van der Waals surface area contributed by atoms with Gasteiger partial charge in [0, 0.05) is 39.3 Å². The monoisotopic (exact) mass is 250 g/mol. The highest BCUT2D eigenvalue weighted by molar-refractivity contribution is 5.65. The van der Waals surface area contributed by atoms with Crippen LogP contribution < -0.4 is 20.7 Å². The summed E-state index contributed by atoms with van der Waals surface area (Å²) in [5, 5.41) is 5.18. The largest absolute Gasteiger partial charge is 0.367 e. The Morgan fingerprint density at radius 1 is 1.22 bits per heavy atom. The van der Waals surface area contributed by atoms with Gasteiger partial charge in [-0.1, -0.05) is 0 Å². The van der Waals surface area contributed by atoms with E-state index in [9.17, 15) is 4.39 Å². The number of piperazine rings is 1. The molecule has 2 aliphatic heterocycles. The fourth-order valence-electron chi connectivity index (χ4n) is 2.78. The van der Waals surface area contributed by atoms with Crippen LogP contribution in [-0.4, -0.2) is 33.2 Å². The SMILES string of the molecule is CC1NN(C)c2cc(F)c(N3CCNCC3)cc21. The Morgan fingerprint density at radius 3 is 2.67 bits per heavy atom. The van der Waals surface area contributed by atoms with Crippen molar-refractivity contribution in [2.24, 2.45) is 0 Å². The van der Waals surface area contributed by atoms with E-state index >= 15 is 0 Å². The molecule has 98 valence electrons. The van der Waals surface area contributed by atoms with Crippen molar-refractivity contribution in [2.75, 3.05) is 43.1 Å². The maximum Gasteiger partial charge on any atom is 0.148 e. The van der Waals surface area contributed by atoms with Gasteiger partial charge in [-0.05, 0) is 18.6 Å². The maximum absolute atomic E-state index is 14.2. The number of hydrogen-bond donors (Lipinski definition) is 2. The number of hydrogen-bond acceptors (Lipinski definition) is 4. The van der Waals surface area contributed by atoms with Crippen molar-refractivity contribution in [3.8, 4) is 0 Å². The molecule has 1 fully saturated rings. The molecule has 18 heavy (non-hydrogen) atoms. The molecule has 2 aliphatic rings. The van der Waals surface area contributed by atoms with Gasteiger partial charge in [-0.3, -0.25) is 0 Å². The lowest BCUT2D eigenvalue weighted by molar-refractivity contribution is 0.566. The second-order valence-corrected chi connectivity index (χ2v) is 5.01. The summed E-state index contributed by atoms with van der Waals surface area (Å²) in [5.74, 6) is -0.126. The molecule has 0 amide bonds. The molecule has 1 aromatic carbocycles. The zero-order valence-electron chi connectivity index (χ0n) is 10.8. The molecule has 2 heterocycles. The highest BCUT2D eigenvalue weighted by atomic mass is 19.1. The lowest BCUT2D eigenvalue weighted by Crippen LogP contribution is -2.43. The van der Waals surface area contributed by atoms with Crippen LogP contribution in [0.25, 0.3) is 0 Å². The molecule has 0 aromatic heterocycles. The van der Waals surface area contributed by atoms with Gasteiger partial charge in [0.25, 0.3) is 0 Å². The second-order valence-electron chi connectivity index (χ2n) is 5.01. The van der Waals surface area contributed by atoms with E-state index < -0.39 is 0 Å². The van der Waals surface area contributed by atoms with E-state index in [-0.39, 0.29) is 11.9 Å². The van der Waals surface area contributed by atoms with E-state index in [1.807, 2.05) is 18.1 Å². The van der Waals surface area contributed by atoms with E-state index in [1.165, 1.54) is 5.56 Å². The first-order chi connectivity index (χ1) is 8.66. The van der Waals surface area contributed by atoms with Crippen molar-refractivity contribution < 1.29 is 4.39 Å². The van der Waals surface area contributed by atoms with Crippen molar-refractivity contribution in [3.05, 3.63) is 23.5 Å². The van der Waals surface area contributed by atoms with Crippen molar-refractivity contribution in [2.45, 2.75) is 13.0 Å². The molecule has 1 saturated heterocycles. The molecule has 3 rings (SSSR count). The van der Waals surface area contributed by atoms with Gasteiger partial charge in [0.2, 0.25) is 0 Å². The first-order valence-corrected chi connectivity index (χ1v) is 6.46. The zero-order valence-corrected chi connectivity index (χ0v) is 10.8. The molecular formula is C13H19FN4. The lowest BCUT2D eigenvalue weighted by atomic mass is 10.1. The van der Waals surface area contributed by atoms with E-state index in [0.29, 0.717) is 0 Å². The molecular weight excluding hydrogens is 231 g/mol. The molecule has 1 atom stereocenters. The van der Waals surface area contributed by atoms with Crippen LogP contribution in [0.2, 0.25) is 0 Å². The van der Waals surface area contributed by atoms with Gasteiger partial charge in [-0.2, -0.15) is 0 Å². The fraction of sp³-hybridized carbons (Fsp3) is 0.538. The summed E-state index contributed by atoms with van der Waals surface area (Å²) >= 11 is 0. The number of rotatable bonds is 1. The Kier molecular flexibility index (Phi) is 2.87. The standard InChI is InChI=1S/C13H19FN4/c1-9-10-7-13(18-5-3-15-4-6-18)11(14)8-12(10)17(2)16-9/h7-9,15-16H,3-6H2,1-2H3. The third-order valence-electron chi connectivity index (χ3n) is 3.77. The van der Waals surface area contributed by atoms with Crippen molar-refractivity contribution >= 4 is 11.4 Å². The number of nitrogens with one attached hydrogen (secondary N) is 2. The van der Waals surface area contributed by atoms with Crippen LogP contribution in [0, 0.1) is 5.82 Å². The van der Waals surface area contributed by atoms with Crippen molar-refractivity contribution in [3.63, 3.8) is 0 Å². The molecule has 1 aromatic rings. The molecule has 1 unspecified atom stereocenters. The highest BCUT2D eigenvalue weighted by Crippen LogP contribution is 2.36. The van der Waals surface area contributed by atoms with Gasteiger partial charge in [0.15, 0.2) is 0 Å². The van der Waals surface area contributed by atoms with E-state index in [1.54, 1.807) is 6.07 Å². The van der Waals surface area contributed by atoms with Crippen LogP contribution in [0.4, 0.5) is 15.8 Å². The van der Waals surface area contributed by atoms with Crippen LogP contribution in [0.3, 0.4) is 0 Å². The Bertz CT molecular complexity index is 457. The summed E-state index contributed by atoms with van der Waals surface area (Å²) in [6, 6.07) is 3.88. The number of fused-ring (bicyclic) bond motifs is 1. The average molecular weight is 250 g/mol. The van der Waals surface area contributed by atoms with Gasteiger partial charge >= 0.3 is 0 Å². The zero-order chi connectivity index (χ0) is 12.7. The Morgan fingerprint density at radius 2 is 1.94 bits per heavy atom. The van der Waals surface area contributed by atoms with Crippen LogP contribution in [0.5, 0.6) is 0 Å². The van der Waals surface area contributed by atoms with Crippen LogP contribution in [-0.2, 0) is 0 Å². The Labute approximate surface area is 107 Å². The quantitative estimate of drug-likeness (QED) is 0.785. The Hall–Kier alpha value is -1.33. The van der Waals surface area contributed by atoms with Crippen LogP contribution >= 0.6 is 0 Å². The molecule has 0 aliphatic carbocycles. The summed E-state index contributed by atoms with van der Waals surface area (Å²) in [4.78, 5) is 2.12. The number of anilines is 2. The minimum atomic E-state index is -0.126. The molecule has 0 radical (unpaired) electrons. The minimum absolute atomic E-state index is 0.126. The number of hydrazine groups is 1. The van der Waals surface area contributed by atoms with Crippen LogP contribution in [0.1, 0.15) is 18.5 Å². The molecule has 2 N–H and O–H groups in total. The van der Waals surface area contributed by atoms with Crippen molar-refractivity contribution in [1.82, 2.24) is 10.7 Å². The first-order valence-electron chi connectivity index (χ1n) is 6.46. The molecule has 5 heteroatoms. The number of benzene rings is 1. The third-order valence-corrected chi connectivity index (χ3v) is 3.77.